The molecule has 0 bridgehead atoms. The zero-order valence-electron chi connectivity index (χ0n) is 12.4. The smallest absolute Gasteiger partial charge is 0.262 e. The molecule has 24 heavy (non-hydrogen) atoms. The highest BCUT2D eigenvalue weighted by molar-refractivity contribution is 7.80. The lowest BCUT2D eigenvalue weighted by molar-refractivity contribution is 0.104. The van der Waals surface area contributed by atoms with E-state index in [1.165, 1.54) is 6.20 Å². The molecule has 0 aliphatic heterocycles. The Bertz CT molecular complexity index is 653. The van der Waals surface area contributed by atoms with Crippen LogP contribution in [0.5, 0.6) is 0 Å². The lowest BCUT2D eigenvalue weighted by Crippen LogP contribution is -2.18. The third kappa shape index (κ3) is 8.59. The normalized spacial score (nSPS) is 10.8. The maximum absolute atomic E-state index is 9.93. The van der Waals surface area contributed by atoms with E-state index in [1.54, 1.807) is 12.1 Å². The van der Waals surface area contributed by atoms with E-state index in [1.807, 2.05) is 30.3 Å². The van der Waals surface area contributed by atoms with Gasteiger partial charge in [0.05, 0.1) is 5.02 Å². The standard InChI is InChI=1S/C14H13ClN2O2S.CH3NOS/c15-11-6-7-13(16-8-11)17-14(20)19-9-12(18)10-4-2-1-3-5-10;2-1(3)4/h1-8,12,18H,9H2,(H,16,17,20);(H3,2,3,4). The number of nitrogens with one attached hydrogen (secondary N) is 1. The van der Waals surface area contributed by atoms with Crippen molar-refractivity contribution in [3.05, 3.63) is 59.2 Å². The molecule has 1 heterocycles. The first kappa shape index (κ1) is 20.0. The number of thiocarbonyl (C=S) groups is 2. The average molecular weight is 386 g/mol. The van der Waals surface area contributed by atoms with Gasteiger partial charge in [-0.25, -0.2) is 4.98 Å². The monoisotopic (exact) mass is 385 g/mol. The number of hydrogen-bond donors (Lipinski definition) is 4. The second-order valence-electron chi connectivity index (χ2n) is 4.35. The van der Waals surface area contributed by atoms with E-state index in [-0.39, 0.29) is 11.8 Å². The second kappa shape index (κ2) is 10.7. The van der Waals surface area contributed by atoms with Crippen LogP contribution in [0.4, 0.5) is 5.82 Å². The number of anilines is 1. The number of nitrogens with two attached hydrogens (primary N) is 1. The van der Waals surface area contributed by atoms with Crippen LogP contribution in [0.2, 0.25) is 5.02 Å². The number of nitrogens with zero attached hydrogens (tertiary/aromatic N) is 1. The van der Waals surface area contributed by atoms with Crippen LogP contribution in [0.1, 0.15) is 11.7 Å². The Kier molecular flexibility index (Phi) is 8.95. The SMILES string of the molecule is NC(O)=S.OC(COC(=S)Nc1ccc(Cl)cn1)c1ccccc1. The molecule has 5 N–H and O–H groups in total. The quantitative estimate of drug-likeness (QED) is 0.596. The number of aliphatic hydroxyl groups excluding tert-OH is 2. The van der Waals surface area contributed by atoms with E-state index in [4.69, 9.17) is 33.7 Å². The number of aromatic nitrogens is 1. The van der Waals surface area contributed by atoms with Crippen molar-refractivity contribution in [2.75, 3.05) is 11.9 Å². The van der Waals surface area contributed by atoms with Crippen molar-refractivity contribution < 1.29 is 14.9 Å². The van der Waals surface area contributed by atoms with Gasteiger partial charge in [0, 0.05) is 6.20 Å². The lowest BCUT2D eigenvalue weighted by Gasteiger charge is -2.13. The van der Waals surface area contributed by atoms with Crippen LogP contribution >= 0.6 is 36.0 Å². The summed E-state index contributed by atoms with van der Waals surface area (Å²) in [4.78, 5) is 4.03. The Labute approximate surface area is 155 Å². The fourth-order valence-electron chi connectivity index (χ4n) is 1.52. The largest absolute Gasteiger partial charge is 0.487 e. The third-order valence-electron chi connectivity index (χ3n) is 2.51. The molecule has 1 aromatic heterocycles. The Balaban J connectivity index is 0.000000648. The number of aliphatic hydroxyl groups is 2. The molecular formula is C15H16ClN3O3S2. The summed E-state index contributed by atoms with van der Waals surface area (Å²) < 4.78 is 5.29. The summed E-state index contributed by atoms with van der Waals surface area (Å²) in [6.07, 6.45) is 0.778. The second-order valence-corrected chi connectivity index (χ2v) is 5.58. The first-order valence-corrected chi connectivity index (χ1v) is 7.84. The van der Waals surface area contributed by atoms with Crippen molar-refractivity contribution in [1.82, 2.24) is 4.98 Å². The number of rotatable bonds is 4. The van der Waals surface area contributed by atoms with Crippen LogP contribution in [-0.2, 0) is 4.74 Å². The van der Waals surface area contributed by atoms with Crippen LogP contribution in [0.3, 0.4) is 0 Å². The average Bonchev–Trinajstić information content (AvgIpc) is 2.55. The highest BCUT2D eigenvalue weighted by Gasteiger charge is 2.09. The van der Waals surface area contributed by atoms with Crippen molar-refractivity contribution in [3.8, 4) is 0 Å². The highest BCUT2D eigenvalue weighted by Crippen LogP contribution is 2.13. The van der Waals surface area contributed by atoms with Gasteiger partial charge in [-0.05, 0) is 42.1 Å². The minimum Gasteiger partial charge on any atom is -0.487 e. The van der Waals surface area contributed by atoms with Crippen LogP contribution in [0.25, 0.3) is 0 Å². The van der Waals surface area contributed by atoms with E-state index < -0.39 is 11.3 Å². The van der Waals surface area contributed by atoms with Crippen LogP contribution < -0.4 is 11.1 Å². The summed E-state index contributed by atoms with van der Waals surface area (Å²) >= 11 is 14.6. The van der Waals surface area contributed by atoms with E-state index >= 15 is 0 Å². The van der Waals surface area contributed by atoms with Crippen molar-refractivity contribution in [2.24, 2.45) is 5.73 Å². The van der Waals surface area contributed by atoms with Crippen LogP contribution in [0, 0.1) is 0 Å². The van der Waals surface area contributed by atoms with Gasteiger partial charge in [0.2, 0.25) is 0 Å². The van der Waals surface area contributed by atoms with Crippen molar-refractivity contribution in [1.29, 1.82) is 0 Å². The maximum atomic E-state index is 9.93. The van der Waals surface area contributed by atoms with Crippen molar-refractivity contribution >= 4 is 52.2 Å². The Morgan fingerprint density at radius 2 is 1.88 bits per heavy atom. The molecule has 2 aromatic rings. The van der Waals surface area contributed by atoms with Gasteiger partial charge < -0.3 is 26.0 Å². The molecular weight excluding hydrogens is 370 g/mol. The van der Waals surface area contributed by atoms with Crippen molar-refractivity contribution in [2.45, 2.75) is 6.10 Å². The Morgan fingerprint density at radius 1 is 1.25 bits per heavy atom. The summed E-state index contributed by atoms with van der Waals surface area (Å²) in [6.45, 7) is 0.0729. The Hall–Kier alpha value is -2.00. The molecule has 0 saturated heterocycles. The summed E-state index contributed by atoms with van der Waals surface area (Å²) in [7, 11) is 0. The van der Waals surface area contributed by atoms with E-state index in [9.17, 15) is 5.11 Å². The Morgan fingerprint density at radius 3 is 2.42 bits per heavy atom. The fourth-order valence-corrected chi connectivity index (χ4v) is 1.80. The molecule has 0 amide bonds. The number of hydrogen-bond acceptors (Lipinski definition) is 5. The number of benzene rings is 1. The summed E-state index contributed by atoms with van der Waals surface area (Å²) in [5.41, 5.74) is 5.18. The molecule has 0 fully saturated rings. The number of pyridine rings is 1. The first-order chi connectivity index (χ1) is 11.4. The van der Waals surface area contributed by atoms with Gasteiger partial charge in [-0.2, -0.15) is 0 Å². The van der Waals surface area contributed by atoms with Gasteiger partial charge in [-0.1, -0.05) is 41.9 Å². The zero-order chi connectivity index (χ0) is 17.9. The van der Waals surface area contributed by atoms with Gasteiger partial charge in [-0.15, -0.1) is 0 Å². The summed E-state index contributed by atoms with van der Waals surface area (Å²) in [5.74, 6) is 0.536. The van der Waals surface area contributed by atoms with Crippen LogP contribution in [-0.4, -0.2) is 32.2 Å². The summed E-state index contributed by atoms with van der Waals surface area (Å²) in [6, 6.07) is 12.6. The van der Waals surface area contributed by atoms with Gasteiger partial charge in [0.1, 0.15) is 18.5 Å². The minimum absolute atomic E-state index is 0.0729. The molecule has 1 aromatic carbocycles. The predicted molar refractivity (Wildman–Crippen MR) is 102 cm³/mol. The van der Waals surface area contributed by atoms with E-state index in [0.717, 1.165) is 5.56 Å². The third-order valence-corrected chi connectivity index (χ3v) is 2.96. The van der Waals surface area contributed by atoms with Gasteiger partial charge in [0.25, 0.3) is 10.3 Å². The summed E-state index contributed by atoms with van der Waals surface area (Å²) in [5, 5.41) is 20.5. The molecule has 9 heteroatoms. The fraction of sp³-hybridized carbons (Fsp3) is 0.133. The van der Waals surface area contributed by atoms with E-state index in [0.29, 0.717) is 10.8 Å². The molecule has 2 rings (SSSR count). The first-order valence-electron chi connectivity index (χ1n) is 6.65. The van der Waals surface area contributed by atoms with Gasteiger partial charge in [0.15, 0.2) is 0 Å². The zero-order valence-corrected chi connectivity index (χ0v) is 14.8. The number of halogens is 1. The molecule has 0 spiro atoms. The molecule has 128 valence electrons. The van der Waals surface area contributed by atoms with Crippen molar-refractivity contribution in [3.63, 3.8) is 0 Å². The molecule has 0 aliphatic rings. The maximum Gasteiger partial charge on any atom is 0.262 e. The predicted octanol–water partition coefficient (Wildman–Crippen LogP) is 2.97. The molecule has 0 saturated carbocycles. The number of ether oxygens (including phenoxy) is 1. The molecule has 1 unspecified atom stereocenters. The molecule has 1 atom stereocenters. The molecule has 0 radical (unpaired) electrons. The molecule has 0 aliphatic carbocycles. The van der Waals surface area contributed by atoms with Gasteiger partial charge >= 0.3 is 0 Å². The minimum atomic E-state index is -0.728. The van der Waals surface area contributed by atoms with Crippen LogP contribution in [0.15, 0.2) is 48.7 Å². The molecule has 6 nitrogen and oxygen atoms in total. The highest BCUT2D eigenvalue weighted by atomic mass is 35.5. The van der Waals surface area contributed by atoms with E-state index in [2.05, 4.69) is 28.3 Å². The topological polar surface area (TPSA) is 101 Å². The van der Waals surface area contributed by atoms with Gasteiger partial charge in [-0.3, -0.25) is 0 Å². The lowest BCUT2D eigenvalue weighted by atomic mass is 10.1.